The van der Waals surface area contributed by atoms with Crippen molar-refractivity contribution in [3.8, 4) is 0 Å². The number of carbonyl (C=O) groups excluding carboxylic acids is 2. The molecule has 1 amide bonds. The van der Waals surface area contributed by atoms with Crippen LogP contribution in [0.5, 0.6) is 0 Å². The van der Waals surface area contributed by atoms with E-state index < -0.39 is 5.97 Å². The Bertz CT molecular complexity index is 620. The molecule has 0 aliphatic heterocycles. The topological polar surface area (TPSA) is 73.2 Å². The van der Waals surface area contributed by atoms with Crippen LogP contribution in [-0.2, 0) is 18.4 Å². The molecule has 1 heterocycles. The first kappa shape index (κ1) is 13.8. The van der Waals surface area contributed by atoms with Gasteiger partial charge in [-0.05, 0) is 18.2 Å². The number of hydrogen-bond donors (Lipinski definition) is 1. The van der Waals surface area contributed by atoms with Gasteiger partial charge in [0.05, 0.1) is 5.56 Å². The van der Waals surface area contributed by atoms with Crippen LogP contribution in [0.2, 0.25) is 0 Å². The van der Waals surface area contributed by atoms with Crippen LogP contribution < -0.4 is 5.32 Å². The van der Waals surface area contributed by atoms with Crippen molar-refractivity contribution in [2.75, 3.05) is 7.05 Å². The normalized spacial score (nSPS) is 10.1. The van der Waals surface area contributed by atoms with Gasteiger partial charge in [0.15, 0.2) is 0 Å². The SMILES string of the molecule is CNC(=O)c1cc(COC(=O)c2ccccc2)nn1C. The van der Waals surface area contributed by atoms with Gasteiger partial charge in [0.1, 0.15) is 18.0 Å². The van der Waals surface area contributed by atoms with Gasteiger partial charge in [0.25, 0.3) is 5.91 Å². The van der Waals surface area contributed by atoms with Crippen molar-refractivity contribution >= 4 is 11.9 Å². The van der Waals surface area contributed by atoms with Gasteiger partial charge in [-0.2, -0.15) is 5.10 Å². The minimum atomic E-state index is -0.419. The lowest BCUT2D eigenvalue weighted by Crippen LogP contribution is -2.20. The molecule has 104 valence electrons. The van der Waals surface area contributed by atoms with Crippen molar-refractivity contribution in [3.05, 3.63) is 53.3 Å². The van der Waals surface area contributed by atoms with Crippen LogP contribution in [0.25, 0.3) is 0 Å². The van der Waals surface area contributed by atoms with E-state index >= 15 is 0 Å². The van der Waals surface area contributed by atoms with Gasteiger partial charge in [-0.1, -0.05) is 18.2 Å². The second kappa shape index (κ2) is 6.01. The quantitative estimate of drug-likeness (QED) is 0.848. The predicted molar refractivity (Wildman–Crippen MR) is 72.2 cm³/mol. The summed E-state index contributed by atoms with van der Waals surface area (Å²) < 4.78 is 6.60. The number of ether oxygens (including phenoxy) is 1. The Kier molecular flexibility index (Phi) is 4.14. The van der Waals surface area contributed by atoms with Gasteiger partial charge in [0.2, 0.25) is 0 Å². The maximum Gasteiger partial charge on any atom is 0.338 e. The van der Waals surface area contributed by atoms with E-state index in [1.165, 1.54) is 4.68 Å². The fourth-order valence-electron chi connectivity index (χ4n) is 1.73. The smallest absolute Gasteiger partial charge is 0.338 e. The van der Waals surface area contributed by atoms with Crippen LogP contribution in [0.4, 0.5) is 0 Å². The zero-order valence-electron chi connectivity index (χ0n) is 11.3. The van der Waals surface area contributed by atoms with Crippen molar-refractivity contribution < 1.29 is 14.3 Å². The molecule has 0 atom stereocenters. The van der Waals surface area contributed by atoms with Gasteiger partial charge in [-0.3, -0.25) is 9.48 Å². The van der Waals surface area contributed by atoms with Gasteiger partial charge >= 0.3 is 5.97 Å². The molecule has 0 aliphatic carbocycles. The molecule has 0 aliphatic rings. The van der Waals surface area contributed by atoms with Crippen molar-refractivity contribution in [3.63, 3.8) is 0 Å². The fourth-order valence-corrected chi connectivity index (χ4v) is 1.73. The number of nitrogens with zero attached hydrogens (tertiary/aromatic N) is 2. The summed E-state index contributed by atoms with van der Waals surface area (Å²) in [5, 5.41) is 6.64. The highest BCUT2D eigenvalue weighted by atomic mass is 16.5. The van der Waals surface area contributed by atoms with E-state index in [4.69, 9.17) is 4.74 Å². The molecular weight excluding hydrogens is 258 g/mol. The number of rotatable bonds is 4. The first-order valence-corrected chi connectivity index (χ1v) is 6.09. The molecular formula is C14H15N3O3. The van der Waals surface area contributed by atoms with Gasteiger partial charge in [-0.15, -0.1) is 0 Å². The second-order valence-corrected chi connectivity index (χ2v) is 4.17. The Balaban J connectivity index is 2.01. The largest absolute Gasteiger partial charge is 0.456 e. The number of benzene rings is 1. The Morgan fingerprint density at radius 2 is 2.00 bits per heavy atom. The molecule has 6 nitrogen and oxygen atoms in total. The lowest BCUT2D eigenvalue weighted by Gasteiger charge is -2.02. The third-order valence-corrected chi connectivity index (χ3v) is 2.75. The van der Waals surface area contributed by atoms with Crippen molar-refractivity contribution in [1.82, 2.24) is 15.1 Å². The van der Waals surface area contributed by atoms with Crippen molar-refractivity contribution in [2.45, 2.75) is 6.61 Å². The highest BCUT2D eigenvalue weighted by Crippen LogP contribution is 2.07. The molecule has 2 aromatic rings. The summed E-state index contributed by atoms with van der Waals surface area (Å²) in [6.07, 6.45) is 0. The van der Waals surface area contributed by atoms with Crippen LogP contribution in [0.3, 0.4) is 0 Å². The summed E-state index contributed by atoms with van der Waals surface area (Å²) in [6, 6.07) is 10.3. The molecule has 0 radical (unpaired) electrons. The number of amides is 1. The van der Waals surface area contributed by atoms with Crippen LogP contribution in [-0.4, -0.2) is 28.7 Å². The number of aryl methyl sites for hydroxylation is 1. The lowest BCUT2D eigenvalue weighted by atomic mass is 10.2. The number of hydrogen-bond acceptors (Lipinski definition) is 4. The summed E-state index contributed by atoms with van der Waals surface area (Å²) in [6.45, 7) is 0.0264. The average Bonchev–Trinajstić information content (AvgIpc) is 2.86. The summed E-state index contributed by atoms with van der Waals surface area (Å²) in [5.41, 5.74) is 1.42. The van der Waals surface area contributed by atoms with Crippen molar-refractivity contribution in [1.29, 1.82) is 0 Å². The van der Waals surface area contributed by atoms with E-state index in [1.54, 1.807) is 44.4 Å². The molecule has 1 aromatic carbocycles. The Morgan fingerprint density at radius 1 is 1.30 bits per heavy atom. The number of esters is 1. The Labute approximate surface area is 116 Å². The molecule has 0 spiro atoms. The number of carbonyl (C=O) groups is 2. The third-order valence-electron chi connectivity index (χ3n) is 2.75. The maximum absolute atomic E-state index is 11.8. The molecule has 20 heavy (non-hydrogen) atoms. The highest BCUT2D eigenvalue weighted by molar-refractivity contribution is 5.92. The summed E-state index contributed by atoms with van der Waals surface area (Å²) in [4.78, 5) is 23.3. The van der Waals surface area contributed by atoms with E-state index in [0.29, 0.717) is 17.0 Å². The molecule has 6 heteroatoms. The molecule has 0 saturated carbocycles. The third kappa shape index (κ3) is 3.03. The molecule has 0 unspecified atom stereocenters. The van der Waals surface area contributed by atoms with E-state index in [9.17, 15) is 9.59 Å². The van der Waals surface area contributed by atoms with Gasteiger partial charge in [-0.25, -0.2) is 4.79 Å². The monoisotopic (exact) mass is 273 g/mol. The molecule has 1 N–H and O–H groups in total. The van der Waals surface area contributed by atoms with E-state index in [2.05, 4.69) is 10.4 Å². The second-order valence-electron chi connectivity index (χ2n) is 4.17. The Hall–Kier alpha value is -2.63. The minimum Gasteiger partial charge on any atom is -0.456 e. The van der Waals surface area contributed by atoms with Crippen LogP contribution in [0, 0.1) is 0 Å². The first-order valence-electron chi connectivity index (χ1n) is 6.09. The van der Waals surface area contributed by atoms with E-state index in [1.807, 2.05) is 6.07 Å². The van der Waals surface area contributed by atoms with Crippen LogP contribution >= 0.6 is 0 Å². The predicted octanol–water partition coefficient (Wildman–Crippen LogP) is 1.14. The minimum absolute atomic E-state index is 0.0264. The zero-order valence-corrected chi connectivity index (χ0v) is 11.3. The summed E-state index contributed by atoms with van der Waals surface area (Å²) in [5.74, 6) is -0.654. The van der Waals surface area contributed by atoms with Gasteiger partial charge < -0.3 is 10.1 Å². The highest BCUT2D eigenvalue weighted by Gasteiger charge is 2.13. The fraction of sp³-hybridized carbons (Fsp3) is 0.214. The maximum atomic E-state index is 11.8. The zero-order chi connectivity index (χ0) is 14.5. The van der Waals surface area contributed by atoms with Crippen LogP contribution in [0.1, 0.15) is 26.5 Å². The molecule has 0 saturated heterocycles. The van der Waals surface area contributed by atoms with Gasteiger partial charge in [0, 0.05) is 14.1 Å². The number of aromatic nitrogens is 2. The molecule has 1 aromatic heterocycles. The van der Waals surface area contributed by atoms with Crippen molar-refractivity contribution in [2.24, 2.45) is 7.05 Å². The standard InChI is InChI=1S/C14H15N3O3/c1-15-13(18)12-8-11(16-17(12)2)9-20-14(19)10-6-4-3-5-7-10/h3-8H,9H2,1-2H3,(H,15,18). The average molecular weight is 273 g/mol. The van der Waals surface area contributed by atoms with E-state index in [-0.39, 0.29) is 12.5 Å². The summed E-state index contributed by atoms with van der Waals surface area (Å²) >= 11 is 0. The molecule has 0 bridgehead atoms. The van der Waals surface area contributed by atoms with Crippen LogP contribution in [0.15, 0.2) is 36.4 Å². The van der Waals surface area contributed by atoms with E-state index in [0.717, 1.165) is 0 Å². The number of nitrogens with one attached hydrogen (secondary N) is 1. The Morgan fingerprint density at radius 3 is 2.65 bits per heavy atom. The lowest BCUT2D eigenvalue weighted by molar-refractivity contribution is 0.0467. The molecule has 2 rings (SSSR count). The summed E-state index contributed by atoms with van der Waals surface area (Å²) in [7, 11) is 3.21. The first-order chi connectivity index (χ1) is 9.61. The molecule has 0 fully saturated rings.